The van der Waals surface area contributed by atoms with Crippen molar-refractivity contribution in [3.05, 3.63) is 69.4 Å². The fourth-order valence-electron chi connectivity index (χ4n) is 1.91. The van der Waals surface area contributed by atoms with Gasteiger partial charge in [0.25, 0.3) is 5.91 Å². The molecule has 2 nitrogen and oxygen atoms in total. The van der Waals surface area contributed by atoms with Crippen LogP contribution in [-0.4, -0.2) is 17.9 Å². The lowest BCUT2D eigenvalue weighted by molar-refractivity contribution is 0.0784. The second-order valence-corrected chi connectivity index (χ2v) is 5.63. The van der Waals surface area contributed by atoms with E-state index in [-0.39, 0.29) is 11.7 Å². The maximum atomic E-state index is 13.0. The van der Waals surface area contributed by atoms with Crippen LogP contribution >= 0.6 is 15.9 Å². The van der Waals surface area contributed by atoms with Crippen LogP contribution in [0.5, 0.6) is 0 Å². The Morgan fingerprint density at radius 2 is 1.85 bits per heavy atom. The molecule has 0 saturated carbocycles. The molecule has 0 heterocycles. The fraction of sp³-hybridized carbons (Fsp3) is 0.188. The third kappa shape index (κ3) is 3.45. The molecule has 2 aromatic carbocycles. The van der Waals surface area contributed by atoms with Crippen LogP contribution in [0.4, 0.5) is 4.39 Å². The number of carbonyl (C=O) groups excluding carboxylic acids is 1. The zero-order valence-corrected chi connectivity index (χ0v) is 12.9. The van der Waals surface area contributed by atoms with Crippen LogP contribution in [-0.2, 0) is 6.54 Å². The summed E-state index contributed by atoms with van der Waals surface area (Å²) in [5, 5.41) is 0. The molecule has 0 aliphatic heterocycles. The molecule has 0 aliphatic rings. The van der Waals surface area contributed by atoms with Gasteiger partial charge in [-0.15, -0.1) is 0 Å². The van der Waals surface area contributed by atoms with Gasteiger partial charge in [0.15, 0.2) is 0 Å². The van der Waals surface area contributed by atoms with Gasteiger partial charge < -0.3 is 4.90 Å². The quantitative estimate of drug-likeness (QED) is 0.824. The molecular formula is C16H15BrFNO. The van der Waals surface area contributed by atoms with Gasteiger partial charge in [-0.05, 0) is 46.6 Å². The van der Waals surface area contributed by atoms with Crippen LogP contribution in [0.1, 0.15) is 21.5 Å². The molecule has 104 valence electrons. The number of benzene rings is 2. The number of rotatable bonds is 3. The van der Waals surface area contributed by atoms with Gasteiger partial charge in [-0.2, -0.15) is 0 Å². The Hall–Kier alpha value is -1.68. The Kier molecular flexibility index (Phi) is 4.55. The van der Waals surface area contributed by atoms with Gasteiger partial charge in [-0.25, -0.2) is 4.39 Å². The van der Waals surface area contributed by atoms with Crippen LogP contribution in [0.3, 0.4) is 0 Å². The Morgan fingerprint density at radius 3 is 2.45 bits per heavy atom. The normalized spacial score (nSPS) is 10.4. The van der Waals surface area contributed by atoms with Crippen molar-refractivity contribution in [3.63, 3.8) is 0 Å². The first-order chi connectivity index (χ1) is 9.47. The molecule has 20 heavy (non-hydrogen) atoms. The Morgan fingerprint density at radius 1 is 1.20 bits per heavy atom. The predicted molar refractivity (Wildman–Crippen MR) is 81.1 cm³/mol. The van der Waals surface area contributed by atoms with Gasteiger partial charge in [0, 0.05) is 18.1 Å². The van der Waals surface area contributed by atoms with E-state index in [4.69, 9.17) is 0 Å². The highest BCUT2D eigenvalue weighted by molar-refractivity contribution is 9.10. The van der Waals surface area contributed by atoms with Gasteiger partial charge in [0.1, 0.15) is 5.82 Å². The number of aryl methyl sites for hydroxylation is 1. The average molecular weight is 336 g/mol. The highest BCUT2D eigenvalue weighted by Crippen LogP contribution is 2.20. The van der Waals surface area contributed by atoms with E-state index in [1.165, 1.54) is 23.8 Å². The lowest BCUT2D eigenvalue weighted by Crippen LogP contribution is -2.26. The Balaban J connectivity index is 2.14. The van der Waals surface area contributed by atoms with Gasteiger partial charge in [0.2, 0.25) is 0 Å². The van der Waals surface area contributed by atoms with Crippen molar-refractivity contribution in [2.45, 2.75) is 13.5 Å². The van der Waals surface area contributed by atoms with E-state index >= 15 is 0 Å². The monoisotopic (exact) mass is 335 g/mol. The molecular weight excluding hydrogens is 321 g/mol. The van der Waals surface area contributed by atoms with E-state index in [1.807, 2.05) is 31.2 Å². The van der Waals surface area contributed by atoms with Crippen LogP contribution in [0.15, 0.2) is 46.9 Å². The van der Waals surface area contributed by atoms with E-state index in [9.17, 15) is 9.18 Å². The van der Waals surface area contributed by atoms with Crippen molar-refractivity contribution in [2.75, 3.05) is 7.05 Å². The van der Waals surface area contributed by atoms with Crippen LogP contribution in [0.25, 0.3) is 0 Å². The molecule has 0 atom stereocenters. The number of carbonyl (C=O) groups is 1. The summed E-state index contributed by atoms with van der Waals surface area (Å²) >= 11 is 3.22. The van der Waals surface area contributed by atoms with Crippen LogP contribution in [0, 0.1) is 12.7 Å². The van der Waals surface area contributed by atoms with E-state index in [1.54, 1.807) is 11.9 Å². The topological polar surface area (TPSA) is 20.3 Å². The summed E-state index contributed by atoms with van der Waals surface area (Å²) in [6.45, 7) is 2.54. The minimum Gasteiger partial charge on any atom is -0.337 e. The lowest BCUT2D eigenvalue weighted by Gasteiger charge is -2.18. The average Bonchev–Trinajstić information content (AvgIpc) is 2.40. The molecule has 0 fully saturated rings. The van der Waals surface area contributed by atoms with Crippen molar-refractivity contribution in [1.82, 2.24) is 4.90 Å². The fourth-order valence-corrected chi connectivity index (χ4v) is 2.43. The largest absolute Gasteiger partial charge is 0.337 e. The van der Waals surface area contributed by atoms with Crippen LogP contribution < -0.4 is 0 Å². The van der Waals surface area contributed by atoms with Crippen molar-refractivity contribution >= 4 is 21.8 Å². The Bertz CT molecular complexity index is 625. The highest BCUT2D eigenvalue weighted by Gasteiger charge is 2.15. The van der Waals surface area contributed by atoms with Crippen molar-refractivity contribution in [1.29, 1.82) is 0 Å². The summed E-state index contributed by atoms with van der Waals surface area (Å²) in [4.78, 5) is 13.9. The van der Waals surface area contributed by atoms with Crippen molar-refractivity contribution in [3.8, 4) is 0 Å². The molecule has 0 bridgehead atoms. The van der Waals surface area contributed by atoms with Gasteiger partial charge >= 0.3 is 0 Å². The number of hydrogen-bond acceptors (Lipinski definition) is 1. The van der Waals surface area contributed by atoms with Crippen molar-refractivity contribution < 1.29 is 9.18 Å². The molecule has 2 rings (SSSR count). The van der Waals surface area contributed by atoms with Crippen LogP contribution in [0.2, 0.25) is 0 Å². The number of hydrogen-bond donors (Lipinski definition) is 0. The molecule has 0 aromatic heterocycles. The van der Waals surface area contributed by atoms with E-state index < -0.39 is 0 Å². The zero-order valence-electron chi connectivity index (χ0n) is 11.4. The second kappa shape index (κ2) is 6.18. The summed E-state index contributed by atoms with van der Waals surface area (Å²) in [6, 6.07) is 12.1. The maximum absolute atomic E-state index is 13.0. The summed E-state index contributed by atoms with van der Waals surface area (Å²) < 4.78 is 13.5. The molecule has 2 aromatic rings. The maximum Gasteiger partial charge on any atom is 0.255 e. The SMILES string of the molecule is Cc1ccc(CN(C)C(=O)c2ccc(F)cc2Br)cc1. The number of halogens is 2. The second-order valence-electron chi connectivity index (χ2n) is 4.77. The minimum absolute atomic E-state index is 0.141. The first kappa shape index (κ1) is 14.7. The lowest BCUT2D eigenvalue weighted by atomic mass is 10.1. The van der Waals surface area contributed by atoms with Gasteiger partial charge in [-0.1, -0.05) is 29.8 Å². The first-order valence-electron chi connectivity index (χ1n) is 6.23. The molecule has 0 spiro atoms. The predicted octanol–water partition coefficient (Wildman–Crippen LogP) is 4.17. The standard InChI is InChI=1S/C16H15BrFNO/c1-11-3-5-12(6-4-11)10-19(2)16(20)14-8-7-13(18)9-15(14)17/h3-9H,10H2,1-2H3. The third-order valence-electron chi connectivity index (χ3n) is 3.05. The molecule has 0 aliphatic carbocycles. The highest BCUT2D eigenvalue weighted by atomic mass is 79.9. The Labute approximate surface area is 126 Å². The van der Waals surface area contributed by atoms with Crippen molar-refractivity contribution in [2.24, 2.45) is 0 Å². The molecule has 0 N–H and O–H groups in total. The zero-order chi connectivity index (χ0) is 14.7. The smallest absolute Gasteiger partial charge is 0.255 e. The summed E-state index contributed by atoms with van der Waals surface area (Å²) in [6.07, 6.45) is 0. The molecule has 1 amide bonds. The summed E-state index contributed by atoms with van der Waals surface area (Å²) in [5.41, 5.74) is 2.70. The summed E-state index contributed by atoms with van der Waals surface area (Å²) in [7, 11) is 1.73. The first-order valence-corrected chi connectivity index (χ1v) is 7.03. The molecule has 4 heteroatoms. The number of nitrogens with zero attached hydrogens (tertiary/aromatic N) is 1. The van der Waals surface area contributed by atoms with E-state index in [0.717, 1.165) is 5.56 Å². The van der Waals surface area contributed by atoms with Gasteiger partial charge in [-0.3, -0.25) is 4.79 Å². The summed E-state index contributed by atoms with van der Waals surface area (Å²) in [5.74, 6) is -0.507. The van der Waals surface area contributed by atoms with E-state index in [2.05, 4.69) is 15.9 Å². The molecule has 0 radical (unpaired) electrons. The van der Waals surface area contributed by atoms with E-state index in [0.29, 0.717) is 16.6 Å². The third-order valence-corrected chi connectivity index (χ3v) is 3.70. The minimum atomic E-state index is -0.366. The molecule has 0 unspecified atom stereocenters. The molecule has 0 saturated heterocycles. The number of amides is 1. The van der Waals surface area contributed by atoms with Gasteiger partial charge in [0.05, 0.1) is 5.56 Å².